The van der Waals surface area contributed by atoms with Crippen LogP contribution in [-0.4, -0.2) is 29.5 Å². The molecule has 0 saturated carbocycles. The topological polar surface area (TPSA) is 41.9 Å². The third-order valence-electron chi connectivity index (χ3n) is 1.66. The molecule has 1 rings (SSSR count). The summed E-state index contributed by atoms with van der Waals surface area (Å²) in [6.45, 7) is 7.53. The van der Waals surface area contributed by atoms with E-state index in [0.717, 1.165) is 5.71 Å². The largest absolute Gasteiger partial charge is 0.439 e. The Labute approximate surface area is 71.5 Å². The molecular weight excluding hydrogens is 156 g/mol. The first-order chi connectivity index (χ1) is 5.65. The maximum Gasteiger partial charge on any atom is 0.431 e. The molecule has 0 aromatic carbocycles. The van der Waals surface area contributed by atoms with Crippen LogP contribution in [0.3, 0.4) is 0 Å². The van der Waals surface area contributed by atoms with Gasteiger partial charge in [-0.15, -0.1) is 6.58 Å². The Morgan fingerprint density at radius 1 is 1.83 bits per heavy atom. The zero-order chi connectivity index (χ0) is 9.14. The van der Waals surface area contributed by atoms with Gasteiger partial charge in [-0.25, -0.2) is 4.79 Å². The van der Waals surface area contributed by atoms with Crippen molar-refractivity contribution < 1.29 is 9.53 Å². The van der Waals surface area contributed by atoms with Gasteiger partial charge in [0.05, 0.1) is 12.3 Å². The molecule has 0 aromatic heterocycles. The first-order valence-corrected chi connectivity index (χ1v) is 3.79. The van der Waals surface area contributed by atoms with Crippen molar-refractivity contribution >= 4 is 11.8 Å². The average Bonchev–Trinajstić information content (AvgIpc) is 2.01. The van der Waals surface area contributed by atoms with E-state index in [2.05, 4.69) is 11.7 Å². The number of carbonyl (C=O) groups is 1. The van der Waals surface area contributed by atoms with E-state index < -0.39 is 6.09 Å². The van der Waals surface area contributed by atoms with Gasteiger partial charge in [0.2, 0.25) is 0 Å². The predicted molar refractivity (Wildman–Crippen MR) is 46.0 cm³/mol. The van der Waals surface area contributed by atoms with E-state index in [1.807, 2.05) is 6.92 Å². The van der Waals surface area contributed by atoms with E-state index in [1.54, 1.807) is 13.0 Å². The van der Waals surface area contributed by atoms with Gasteiger partial charge in [0.1, 0.15) is 6.10 Å². The third kappa shape index (κ3) is 1.64. The second kappa shape index (κ2) is 3.38. The molecule has 1 aliphatic heterocycles. The van der Waals surface area contributed by atoms with Gasteiger partial charge in [0, 0.05) is 0 Å². The highest BCUT2D eigenvalue weighted by molar-refractivity contribution is 5.90. The molecule has 0 saturated heterocycles. The molecule has 1 atom stereocenters. The van der Waals surface area contributed by atoms with E-state index in [1.165, 1.54) is 5.01 Å². The van der Waals surface area contributed by atoms with Crippen LogP contribution in [-0.2, 0) is 4.74 Å². The summed E-state index contributed by atoms with van der Waals surface area (Å²) in [4.78, 5) is 11.1. The number of hydrazone groups is 1. The van der Waals surface area contributed by atoms with Crippen molar-refractivity contribution in [2.45, 2.75) is 20.0 Å². The molecular formula is C8H12N2O2. The average molecular weight is 168 g/mol. The van der Waals surface area contributed by atoms with Crippen molar-refractivity contribution in [3.05, 3.63) is 12.7 Å². The molecule has 4 heteroatoms. The lowest BCUT2D eigenvalue weighted by Crippen LogP contribution is -2.38. The molecule has 0 aromatic rings. The lowest BCUT2D eigenvalue weighted by atomic mass is 10.3. The van der Waals surface area contributed by atoms with Crippen LogP contribution in [0.2, 0.25) is 0 Å². The molecule has 0 aliphatic carbocycles. The maximum absolute atomic E-state index is 11.1. The Kier molecular flexibility index (Phi) is 2.47. The van der Waals surface area contributed by atoms with Crippen LogP contribution < -0.4 is 0 Å². The van der Waals surface area contributed by atoms with Gasteiger partial charge in [0.25, 0.3) is 0 Å². The maximum atomic E-state index is 11.1. The zero-order valence-corrected chi connectivity index (χ0v) is 7.28. The van der Waals surface area contributed by atoms with E-state index in [4.69, 9.17) is 4.74 Å². The minimum Gasteiger partial charge on any atom is -0.439 e. The SMILES string of the molecule is C=CCN1N=C(C)C(C)OC1=O. The first kappa shape index (κ1) is 8.77. The van der Waals surface area contributed by atoms with Gasteiger partial charge in [-0.3, -0.25) is 0 Å². The summed E-state index contributed by atoms with van der Waals surface area (Å²) in [7, 11) is 0. The van der Waals surface area contributed by atoms with Crippen molar-refractivity contribution in [1.29, 1.82) is 0 Å². The molecule has 0 N–H and O–H groups in total. The van der Waals surface area contributed by atoms with Crippen molar-refractivity contribution in [3.63, 3.8) is 0 Å². The highest BCUT2D eigenvalue weighted by atomic mass is 16.6. The molecule has 1 amide bonds. The number of hydrogen-bond donors (Lipinski definition) is 0. The smallest absolute Gasteiger partial charge is 0.431 e. The van der Waals surface area contributed by atoms with E-state index in [0.29, 0.717) is 6.54 Å². The van der Waals surface area contributed by atoms with Crippen LogP contribution >= 0.6 is 0 Å². The monoisotopic (exact) mass is 168 g/mol. The summed E-state index contributed by atoms with van der Waals surface area (Å²) in [5, 5.41) is 5.29. The minimum atomic E-state index is -0.409. The molecule has 0 fully saturated rings. The fourth-order valence-electron chi connectivity index (χ4n) is 0.848. The summed E-state index contributed by atoms with van der Waals surface area (Å²) >= 11 is 0. The van der Waals surface area contributed by atoms with Gasteiger partial charge in [-0.2, -0.15) is 10.1 Å². The lowest BCUT2D eigenvalue weighted by molar-refractivity contribution is 0.0842. The third-order valence-corrected chi connectivity index (χ3v) is 1.66. The summed E-state index contributed by atoms with van der Waals surface area (Å²) in [6, 6.07) is 0. The first-order valence-electron chi connectivity index (χ1n) is 3.79. The molecule has 0 radical (unpaired) electrons. The van der Waals surface area contributed by atoms with Crippen LogP contribution in [0.1, 0.15) is 13.8 Å². The molecule has 1 unspecified atom stereocenters. The second-order valence-corrected chi connectivity index (χ2v) is 2.64. The van der Waals surface area contributed by atoms with Crippen LogP contribution in [0.25, 0.3) is 0 Å². The summed E-state index contributed by atoms with van der Waals surface area (Å²) in [5.41, 5.74) is 0.802. The summed E-state index contributed by atoms with van der Waals surface area (Å²) < 4.78 is 4.97. The molecule has 1 aliphatic rings. The van der Waals surface area contributed by atoms with Crippen molar-refractivity contribution in [3.8, 4) is 0 Å². The predicted octanol–water partition coefficient (Wildman–Crippen LogP) is 1.39. The van der Waals surface area contributed by atoms with E-state index in [9.17, 15) is 4.79 Å². The summed E-state index contributed by atoms with van der Waals surface area (Å²) in [6.07, 6.45) is 0.986. The molecule has 4 nitrogen and oxygen atoms in total. The van der Waals surface area contributed by atoms with Gasteiger partial charge in [-0.05, 0) is 13.8 Å². The van der Waals surface area contributed by atoms with Crippen LogP contribution in [0.5, 0.6) is 0 Å². The van der Waals surface area contributed by atoms with Crippen molar-refractivity contribution in [2.24, 2.45) is 5.10 Å². The van der Waals surface area contributed by atoms with Crippen LogP contribution in [0, 0.1) is 0 Å². The number of nitrogens with zero attached hydrogens (tertiary/aromatic N) is 2. The number of hydrogen-bond acceptors (Lipinski definition) is 3. The Hall–Kier alpha value is -1.32. The normalized spacial score (nSPS) is 23.2. The number of rotatable bonds is 2. The van der Waals surface area contributed by atoms with Crippen molar-refractivity contribution in [2.75, 3.05) is 6.54 Å². The Morgan fingerprint density at radius 3 is 3.08 bits per heavy atom. The zero-order valence-electron chi connectivity index (χ0n) is 7.28. The standard InChI is InChI=1S/C8H12N2O2/c1-4-5-10-8(11)12-7(3)6(2)9-10/h4,7H,1,5H2,2-3H3. The fraction of sp³-hybridized carbons (Fsp3) is 0.500. The van der Waals surface area contributed by atoms with Crippen LogP contribution in [0.4, 0.5) is 4.79 Å². The van der Waals surface area contributed by atoms with Crippen LogP contribution in [0.15, 0.2) is 17.8 Å². The Balaban J connectivity index is 2.75. The number of amides is 1. The second-order valence-electron chi connectivity index (χ2n) is 2.64. The number of cyclic esters (lactones) is 1. The lowest BCUT2D eigenvalue weighted by Gasteiger charge is -2.25. The fourth-order valence-corrected chi connectivity index (χ4v) is 0.848. The highest BCUT2D eigenvalue weighted by Gasteiger charge is 2.23. The molecule has 1 heterocycles. The quantitative estimate of drug-likeness (QED) is 0.584. The Morgan fingerprint density at radius 2 is 2.50 bits per heavy atom. The molecule has 0 bridgehead atoms. The molecule has 66 valence electrons. The van der Waals surface area contributed by atoms with Gasteiger partial charge in [0.15, 0.2) is 0 Å². The van der Waals surface area contributed by atoms with Gasteiger partial charge >= 0.3 is 6.09 Å². The molecule has 0 spiro atoms. The molecule has 12 heavy (non-hydrogen) atoms. The van der Waals surface area contributed by atoms with E-state index in [-0.39, 0.29) is 6.10 Å². The van der Waals surface area contributed by atoms with Crippen molar-refractivity contribution in [1.82, 2.24) is 5.01 Å². The highest BCUT2D eigenvalue weighted by Crippen LogP contribution is 2.08. The number of ether oxygens (including phenoxy) is 1. The number of carbonyl (C=O) groups excluding carboxylic acids is 1. The summed E-state index contributed by atoms with van der Waals surface area (Å²) in [5.74, 6) is 0. The van der Waals surface area contributed by atoms with E-state index >= 15 is 0 Å². The minimum absolute atomic E-state index is 0.210. The van der Waals surface area contributed by atoms with Gasteiger partial charge < -0.3 is 4.74 Å². The van der Waals surface area contributed by atoms with Gasteiger partial charge in [-0.1, -0.05) is 6.08 Å². The Bertz CT molecular complexity index is 235.